The Balaban J connectivity index is 2.22. The zero-order valence-corrected chi connectivity index (χ0v) is 14.3. The summed E-state index contributed by atoms with van der Waals surface area (Å²) in [6.07, 6.45) is 2.04. The Hall–Kier alpha value is -1.11. The Morgan fingerprint density at radius 2 is 2.05 bits per heavy atom. The zero-order chi connectivity index (χ0) is 16.3. The highest BCUT2D eigenvalue weighted by Crippen LogP contribution is 2.27. The van der Waals surface area contributed by atoms with Gasteiger partial charge in [-0.3, -0.25) is 4.79 Å². The topological polar surface area (TPSA) is 66.5 Å². The standard InChI is InChI=1S/C15H21ClN2O3S/c1-3-11(2)17-15(19)14-5-4-10-18(14)22(20,21)13-8-6-12(16)7-9-13/h6-9,11,14H,3-5,10H2,1-2H3,(H,17,19)/t11-,14-/m0/s1. The van der Waals surface area contributed by atoms with Gasteiger partial charge in [-0.2, -0.15) is 4.31 Å². The van der Waals surface area contributed by atoms with Crippen molar-refractivity contribution < 1.29 is 13.2 Å². The van der Waals surface area contributed by atoms with Crippen molar-refractivity contribution in [3.63, 3.8) is 0 Å². The summed E-state index contributed by atoms with van der Waals surface area (Å²) in [4.78, 5) is 12.5. The van der Waals surface area contributed by atoms with Crippen molar-refractivity contribution in [2.45, 2.75) is 50.1 Å². The number of rotatable bonds is 5. The molecule has 7 heteroatoms. The van der Waals surface area contributed by atoms with Gasteiger partial charge in [0.2, 0.25) is 15.9 Å². The zero-order valence-electron chi connectivity index (χ0n) is 12.8. The third kappa shape index (κ3) is 3.62. The number of hydrogen-bond acceptors (Lipinski definition) is 3. The van der Waals surface area contributed by atoms with Crippen molar-refractivity contribution in [1.29, 1.82) is 0 Å². The average Bonchev–Trinajstić information content (AvgIpc) is 2.97. The number of carbonyl (C=O) groups is 1. The van der Waals surface area contributed by atoms with Crippen LogP contribution in [-0.2, 0) is 14.8 Å². The summed E-state index contributed by atoms with van der Waals surface area (Å²) in [7, 11) is -3.68. The number of hydrogen-bond donors (Lipinski definition) is 1. The van der Waals surface area contributed by atoms with E-state index in [2.05, 4.69) is 5.32 Å². The maximum atomic E-state index is 12.7. The van der Waals surface area contributed by atoms with E-state index in [0.29, 0.717) is 24.4 Å². The molecule has 0 aliphatic carbocycles. The van der Waals surface area contributed by atoms with Gasteiger partial charge in [-0.15, -0.1) is 0 Å². The van der Waals surface area contributed by atoms with Crippen LogP contribution in [0.4, 0.5) is 0 Å². The van der Waals surface area contributed by atoms with Gasteiger partial charge >= 0.3 is 0 Å². The smallest absolute Gasteiger partial charge is 0.243 e. The van der Waals surface area contributed by atoms with Crippen LogP contribution >= 0.6 is 11.6 Å². The van der Waals surface area contributed by atoms with E-state index in [0.717, 1.165) is 6.42 Å². The molecule has 0 unspecified atom stereocenters. The van der Waals surface area contributed by atoms with Crippen molar-refractivity contribution in [3.8, 4) is 0 Å². The van der Waals surface area contributed by atoms with Gasteiger partial charge < -0.3 is 5.32 Å². The van der Waals surface area contributed by atoms with E-state index in [-0.39, 0.29) is 16.8 Å². The number of nitrogens with zero attached hydrogens (tertiary/aromatic N) is 1. The molecule has 0 aromatic heterocycles. The molecular formula is C15H21ClN2O3S. The average molecular weight is 345 g/mol. The maximum absolute atomic E-state index is 12.7. The number of carbonyl (C=O) groups excluding carboxylic acids is 1. The molecule has 1 fully saturated rings. The molecule has 1 aromatic carbocycles. The van der Waals surface area contributed by atoms with E-state index in [1.54, 1.807) is 12.1 Å². The van der Waals surface area contributed by atoms with Gasteiger partial charge in [0.15, 0.2) is 0 Å². The Kier molecular flexibility index (Phi) is 5.47. The SMILES string of the molecule is CC[C@H](C)NC(=O)[C@@H]1CCCN1S(=O)(=O)c1ccc(Cl)cc1. The minimum atomic E-state index is -3.68. The number of nitrogens with one attached hydrogen (secondary N) is 1. The van der Waals surface area contributed by atoms with E-state index < -0.39 is 16.1 Å². The lowest BCUT2D eigenvalue weighted by molar-refractivity contribution is -0.124. The number of amides is 1. The summed E-state index contributed by atoms with van der Waals surface area (Å²) in [6.45, 7) is 4.25. The molecular weight excluding hydrogens is 324 g/mol. The molecule has 0 radical (unpaired) electrons. The summed E-state index contributed by atoms with van der Waals surface area (Å²) >= 11 is 5.80. The quantitative estimate of drug-likeness (QED) is 0.892. The second kappa shape index (κ2) is 6.98. The first-order valence-electron chi connectivity index (χ1n) is 7.44. The molecule has 2 rings (SSSR count). The Morgan fingerprint density at radius 3 is 2.64 bits per heavy atom. The van der Waals surface area contributed by atoms with Crippen LogP contribution in [0.1, 0.15) is 33.1 Å². The second-order valence-electron chi connectivity index (χ2n) is 5.55. The van der Waals surface area contributed by atoms with E-state index in [1.807, 2.05) is 13.8 Å². The molecule has 0 spiro atoms. The van der Waals surface area contributed by atoms with Gasteiger partial charge in [-0.05, 0) is 50.5 Å². The molecule has 5 nitrogen and oxygen atoms in total. The number of sulfonamides is 1. The fourth-order valence-corrected chi connectivity index (χ4v) is 4.26. The molecule has 1 heterocycles. The lowest BCUT2D eigenvalue weighted by Crippen LogP contribution is -2.48. The Labute approximate surface area is 136 Å². The highest BCUT2D eigenvalue weighted by Gasteiger charge is 2.39. The normalized spacial score (nSPS) is 20.8. The molecule has 1 aliphatic heterocycles. The van der Waals surface area contributed by atoms with Crippen molar-refractivity contribution in [1.82, 2.24) is 9.62 Å². The van der Waals surface area contributed by atoms with Crippen molar-refractivity contribution >= 4 is 27.5 Å². The largest absolute Gasteiger partial charge is 0.352 e. The third-order valence-corrected chi connectivity index (χ3v) is 6.10. The van der Waals surface area contributed by atoms with Crippen LogP contribution in [0.3, 0.4) is 0 Å². The highest BCUT2D eigenvalue weighted by molar-refractivity contribution is 7.89. The van der Waals surface area contributed by atoms with Crippen LogP contribution in [0, 0.1) is 0 Å². The molecule has 1 aliphatic rings. The Bertz CT molecular complexity index is 631. The van der Waals surface area contributed by atoms with Crippen LogP contribution in [0.5, 0.6) is 0 Å². The van der Waals surface area contributed by atoms with E-state index >= 15 is 0 Å². The van der Waals surface area contributed by atoms with Gasteiger partial charge in [-0.1, -0.05) is 18.5 Å². The molecule has 2 atom stereocenters. The van der Waals surface area contributed by atoms with E-state index in [4.69, 9.17) is 11.6 Å². The molecule has 0 bridgehead atoms. The molecule has 1 N–H and O–H groups in total. The van der Waals surface area contributed by atoms with E-state index in [9.17, 15) is 13.2 Å². The van der Waals surface area contributed by atoms with Crippen LogP contribution in [0.15, 0.2) is 29.2 Å². The number of benzene rings is 1. The Morgan fingerprint density at radius 1 is 1.41 bits per heavy atom. The van der Waals surface area contributed by atoms with E-state index in [1.165, 1.54) is 16.4 Å². The van der Waals surface area contributed by atoms with Gasteiger partial charge in [-0.25, -0.2) is 8.42 Å². The lowest BCUT2D eigenvalue weighted by Gasteiger charge is -2.24. The van der Waals surface area contributed by atoms with Crippen LogP contribution < -0.4 is 5.32 Å². The first-order valence-corrected chi connectivity index (χ1v) is 9.26. The summed E-state index contributed by atoms with van der Waals surface area (Å²) in [6, 6.07) is 5.43. The van der Waals surface area contributed by atoms with Crippen LogP contribution in [0.25, 0.3) is 0 Å². The van der Waals surface area contributed by atoms with Crippen LogP contribution in [0.2, 0.25) is 5.02 Å². The lowest BCUT2D eigenvalue weighted by atomic mass is 10.2. The van der Waals surface area contributed by atoms with Crippen molar-refractivity contribution in [2.24, 2.45) is 0 Å². The number of halogens is 1. The summed E-state index contributed by atoms with van der Waals surface area (Å²) < 4.78 is 26.7. The fourth-order valence-electron chi connectivity index (χ4n) is 2.47. The van der Waals surface area contributed by atoms with Gasteiger partial charge in [0.25, 0.3) is 0 Å². The van der Waals surface area contributed by atoms with Gasteiger partial charge in [0.05, 0.1) is 4.90 Å². The van der Waals surface area contributed by atoms with Crippen molar-refractivity contribution in [2.75, 3.05) is 6.54 Å². The maximum Gasteiger partial charge on any atom is 0.243 e. The first kappa shape index (κ1) is 17.2. The predicted molar refractivity (Wildman–Crippen MR) is 86.3 cm³/mol. The summed E-state index contributed by atoms with van der Waals surface area (Å²) in [5.41, 5.74) is 0. The highest BCUT2D eigenvalue weighted by atomic mass is 35.5. The molecule has 0 saturated carbocycles. The summed E-state index contributed by atoms with van der Waals surface area (Å²) in [5.74, 6) is -0.218. The van der Waals surface area contributed by atoms with Gasteiger partial charge in [0, 0.05) is 17.6 Å². The second-order valence-corrected chi connectivity index (χ2v) is 7.87. The predicted octanol–water partition coefficient (Wildman–Crippen LogP) is 2.41. The molecule has 122 valence electrons. The molecule has 1 saturated heterocycles. The summed E-state index contributed by atoms with van der Waals surface area (Å²) in [5, 5.41) is 3.35. The van der Waals surface area contributed by atoms with Gasteiger partial charge in [0.1, 0.15) is 6.04 Å². The molecule has 1 amide bonds. The molecule has 22 heavy (non-hydrogen) atoms. The monoisotopic (exact) mass is 344 g/mol. The first-order chi connectivity index (χ1) is 10.4. The minimum absolute atomic E-state index is 0.0354. The van der Waals surface area contributed by atoms with Crippen molar-refractivity contribution in [3.05, 3.63) is 29.3 Å². The molecule has 1 aromatic rings. The van der Waals surface area contributed by atoms with Crippen LogP contribution in [-0.4, -0.2) is 37.3 Å². The fraction of sp³-hybridized carbons (Fsp3) is 0.533. The third-order valence-electron chi connectivity index (χ3n) is 3.93. The minimum Gasteiger partial charge on any atom is -0.352 e.